The van der Waals surface area contributed by atoms with Gasteiger partial charge in [-0.25, -0.2) is 0 Å². The molecule has 0 saturated carbocycles. The molecule has 0 unspecified atom stereocenters. The van der Waals surface area contributed by atoms with Crippen molar-refractivity contribution >= 4 is 56.2 Å². The number of thiophene rings is 2. The van der Waals surface area contributed by atoms with Crippen molar-refractivity contribution in [2.24, 2.45) is 0 Å². The van der Waals surface area contributed by atoms with E-state index in [9.17, 15) is 0 Å². The second-order valence-electron chi connectivity index (χ2n) is 15.2. The van der Waals surface area contributed by atoms with Crippen LogP contribution in [0.5, 0.6) is 0 Å². The van der Waals surface area contributed by atoms with Crippen LogP contribution in [0.25, 0.3) is 0 Å². The Balaban J connectivity index is 0.000000157. The third-order valence-corrected chi connectivity index (χ3v) is 14.7. The molecule has 260 valence electrons. The van der Waals surface area contributed by atoms with Gasteiger partial charge in [0.15, 0.2) is 11.4 Å². The fraction of sp³-hybridized carbons (Fsp3) is 0.409. The summed E-state index contributed by atoms with van der Waals surface area (Å²) >= 11 is 3.84. The zero-order valence-corrected chi connectivity index (χ0v) is 34.4. The van der Waals surface area contributed by atoms with Gasteiger partial charge < -0.3 is 9.80 Å². The van der Waals surface area contributed by atoms with E-state index in [0.717, 1.165) is 25.7 Å². The third kappa shape index (κ3) is 5.36. The second kappa shape index (κ2) is 12.5. The van der Waals surface area contributed by atoms with Gasteiger partial charge in [-0.1, -0.05) is 11.3 Å². The largest absolute Gasteiger partial charge is 0.347 e. The fourth-order valence-electron chi connectivity index (χ4n) is 8.75. The lowest BCUT2D eigenvalue weighted by Crippen LogP contribution is -2.16. The Kier molecular flexibility index (Phi) is 8.67. The van der Waals surface area contributed by atoms with E-state index in [1.165, 1.54) is 121 Å². The van der Waals surface area contributed by atoms with Crippen LogP contribution in [0.3, 0.4) is 0 Å². The van der Waals surface area contributed by atoms with Crippen LogP contribution in [0.2, 0.25) is 0 Å². The van der Waals surface area contributed by atoms with Gasteiger partial charge in [0.25, 0.3) is 5.00 Å². The SMILES string of the molecule is Cc1cc2c(s1)CC(=CC1=[N+](C)c3c(C)c(C)c(C)c(C)c3C1)N2C.Cc1cc2c(s1)[N+](C)=C(C=C1Cc3c(C)c(C)c(C)c(C)c3N1C)C2. The molecule has 0 spiro atoms. The molecule has 4 aliphatic rings. The van der Waals surface area contributed by atoms with Gasteiger partial charge in [-0.3, -0.25) is 0 Å². The van der Waals surface area contributed by atoms with E-state index in [1.807, 2.05) is 22.7 Å². The summed E-state index contributed by atoms with van der Waals surface area (Å²) in [5, 5.41) is 1.42. The van der Waals surface area contributed by atoms with Crippen molar-refractivity contribution < 1.29 is 9.15 Å². The molecule has 50 heavy (non-hydrogen) atoms. The number of allylic oxidation sites excluding steroid dienone is 4. The van der Waals surface area contributed by atoms with Crippen molar-refractivity contribution in [2.75, 3.05) is 38.0 Å². The van der Waals surface area contributed by atoms with Gasteiger partial charge in [0.2, 0.25) is 5.69 Å². The molecule has 0 saturated heterocycles. The van der Waals surface area contributed by atoms with Crippen molar-refractivity contribution in [2.45, 2.75) is 94.9 Å². The molecule has 8 rings (SSSR count). The molecule has 0 aliphatic carbocycles. The predicted molar refractivity (Wildman–Crippen MR) is 218 cm³/mol. The van der Waals surface area contributed by atoms with Crippen molar-refractivity contribution in [1.29, 1.82) is 0 Å². The van der Waals surface area contributed by atoms with E-state index < -0.39 is 0 Å². The molecule has 4 aliphatic heterocycles. The number of fused-ring (bicyclic) bond motifs is 4. The topological polar surface area (TPSA) is 12.5 Å². The fourth-order valence-corrected chi connectivity index (χ4v) is 10.9. The van der Waals surface area contributed by atoms with Gasteiger partial charge in [0, 0.05) is 87.5 Å². The predicted octanol–water partition coefficient (Wildman–Crippen LogP) is 10.3. The maximum Gasteiger partial charge on any atom is 0.265 e. The zero-order valence-electron chi connectivity index (χ0n) is 32.7. The van der Waals surface area contributed by atoms with E-state index in [1.54, 1.807) is 0 Å². The van der Waals surface area contributed by atoms with Gasteiger partial charge in [0.05, 0.1) is 18.5 Å². The summed E-state index contributed by atoms with van der Waals surface area (Å²) in [5.41, 5.74) is 26.0. The number of hydrogen-bond acceptors (Lipinski definition) is 4. The number of rotatable bonds is 2. The standard InChI is InChI=1S/2C22H27N2S/c1-12-8-20-21(25-12)11-18(23(20)6)9-17-10-19-15(4)13(2)14(3)16(5)22(19)24(17)7;1-12-8-17-9-18(24(7)22(17)25-12)10-19-11-20-15(4)13(2)14(3)16(5)21(20)23(19)6/h8-9H,10-11H2,1-7H3;8,10H,9,11H2,1-7H3/q2*+1. The maximum atomic E-state index is 2.42. The zero-order chi connectivity index (χ0) is 36.1. The highest BCUT2D eigenvalue weighted by Gasteiger charge is 2.34. The summed E-state index contributed by atoms with van der Waals surface area (Å²) in [6.07, 6.45) is 9.05. The summed E-state index contributed by atoms with van der Waals surface area (Å²) in [6.45, 7) is 22.6. The minimum absolute atomic E-state index is 1.05. The molecule has 6 heteroatoms. The Labute approximate surface area is 308 Å². The lowest BCUT2D eigenvalue weighted by Gasteiger charge is -2.20. The van der Waals surface area contributed by atoms with Crippen LogP contribution in [0.4, 0.5) is 22.1 Å². The van der Waals surface area contributed by atoms with E-state index >= 15 is 0 Å². The van der Waals surface area contributed by atoms with Gasteiger partial charge in [-0.15, -0.1) is 11.3 Å². The highest BCUT2D eigenvalue weighted by molar-refractivity contribution is 7.15. The number of anilines is 2. The van der Waals surface area contributed by atoms with Gasteiger partial charge in [-0.05, 0) is 126 Å². The average Bonchev–Trinajstić information content (AvgIpc) is 3.90. The first-order valence-corrected chi connectivity index (χ1v) is 19.7. The second-order valence-corrected chi connectivity index (χ2v) is 17.8. The van der Waals surface area contributed by atoms with E-state index in [2.05, 4.69) is 141 Å². The summed E-state index contributed by atoms with van der Waals surface area (Å²) in [7, 11) is 8.88. The first-order chi connectivity index (χ1) is 23.6. The normalized spacial score (nSPS) is 17.7. The molecule has 0 amide bonds. The minimum Gasteiger partial charge on any atom is -0.347 e. The number of aryl methyl sites for hydroxylation is 2. The number of benzene rings is 2. The molecule has 6 heterocycles. The van der Waals surface area contributed by atoms with Gasteiger partial charge in [0.1, 0.15) is 14.1 Å². The molecular weight excluding hydrogens is 649 g/mol. The van der Waals surface area contributed by atoms with Crippen molar-refractivity contribution in [1.82, 2.24) is 0 Å². The Morgan fingerprint density at radius 3 is 1.76 bits per heavy atom. The monoisotopic (exact) mass is 702 g/mol. The number of nitrogens with zero attached hydrogens (tertiary/aromatic N) is 4. The lowest BCUT2D eigenvalue weighted by molar-refractivity contribution is -0.401. The van der Waals surface area contributed by atoms with Crippen LogP contribution in [-0.2, 0) is 25.7 Å². The van der Waals surface area contributed by atoms with Crippen LogP contribution in [0, 0.1) is 69.2 Å². The highest BCUT2D eigenvalue weighted by atomic mass is 32.1. The van der Waals surface area contributed by atoms with Crippen molar-refractivity contribution in [3.05, 3.63) is 112 Å². The summed E-state index contributed by atoms with van der Waals surface area (Å²) in [5.74, 6) is 0. The quantitative estimate of drug-likeness (QED) is 0.193. The molecule has 0 radical (unpaired) electrons. The Morgan fingerprint density at radius 2 is 1.12 bits per heavy atom. The van der Waals surface area contributed by atoms with Crippen LogP contribution in [0.1, 0.15) is 75.8 Å². The van der Waals surface area contributed by atoms with E-state index in [4.69, 9.17) is 0 Å². The van der Waals surface area contributed by atoms with Gasteiger partial charge >= 0.3 is 0 Å². The van der Waals surface area contributed by atoms with Gasteiger partial charge in [-0.2, -0.15) is 9.15 Å². The molecule has 0 bridgehead atoms. The Bertz CT molecular complexity index is 2260. The Hall–Kier alpha value is -3.74. The summed E-state index contributed by atoms with van der Waals surface area (Å²) in [4.78, 5) is 9.11. The van der Waals surface area contributed by atoms with Crippen LogP contribution in [-0.4, -0.2) is 48.8 Å². The minimum atomic E-state index is 1.05. The number of likely N-dealkylation sites (N-methyl/N-ethyl adjacent to an activating group) is 2. The van der Waals surface area contributed by atoms with Crippen molar-refractivity contribution in [3.63, 3.8) is 0 Å². The maximum absolute atomic E-state index is 2.42. The molecular formula is C44H54N4S2+2. The molecule has 2 aromatic heterocycles. The molecule has 0 N–H and O–H groups in total. The summed E-state index contributed by atoms with van der Waals surface area (Å²) < 4.78 is 4.80. The van der Waals surface area contributed by atoms with Crippen LogP contribution >= 0.6 is 22.7 Å². The highest BCUT2D eigenvalue weighted by Crippen LogP contribution is 2.43. The third-order valence-electron chi connectivity index (χ3n) is 12.5. The first-order valence-electron chi connectivity index (χ1n) is 18.0. The average molecular weight is 703 g/mol. The summed E-state index contributed by atoms with van der Waals surface area (Å²) in [6, 6.07) is 4.66. The van der Waals surface area contributed by atoms with E-state index in [-0.39, 0.29) is 0 Å². The number of hydrogen-bond donors (Lipinski definition) is 0. The van der Waals surface area contributed by atoms with E-state index in [0.29, 0.717) is 0 Å². The van der Waals surface area contributed by atoms with Crippen molar-refractivity contribution in [3.8, 4) is 0 Å². The molecule has 4 nitrogen and oxygen atoms in total. The first kappa shape index (κ1) is 34.7. The lowest BCUT2D eigenvalue weighted by atomic mass is 9.91. The molecule has 4 aromatic rings. The molecule has 0 fully saturated rings. The Morgan fingerprint density at radius 1 is 0.560 bits per heavy atom. The smallest absolute Gasteiger partial charge is 0.265 e. The molecule has 2 aromatic carbocycles. The van der Waals surface area contributed by atoms with Crippen LogP contribution in [0.15, 0.2) is 35.7 Å². The van der Waals surface area contributed by atoms with Crippen LogP contribution < -0.4 is 9.80 Å². The molecule has 0 atom stereocenters.